The van der Waals surface area contributed by atoms with Gasteiger partial charge in [-0.25, -0.2) is 0 Å². The molecular formula is C11H21NO. The van der Waals surface area contributed by atoms with Crippen molar-refractivity contribution in [3.8, 4) is 0 Å². The van der Waals surface area contributed by atoms with E-state index in [1.807, 2.05) is 33.8 Å². The van der Waals surface area contributed by atoms with E-state index < -0.39 is 0 Å². The molecule has 0 aliphatic heterocycles. The van der Waals surface area contributed by atoms with Crippen molar-refractivity contribution in [3.05, 3.63) is 11.8 Å². The Morgan fingerprint density at radius 1 is 1.46 bits per heavy atom. The van der Waals surface area contributed by atoms with Gasteiger partial charge in [0, 0.05) is 11.1 Å². The standard InChI is InChI=1S/C11H21NO/c1-6-8-11(4,5)10(13)12-9(3)7-2/h7H,6,8H2,1-5H3,(H,12,13). The van der Waals surface area contributed by atoms with Crippen LogP contribution in [-0.4, -0.2) is 5.91 Å². The highest BCUT2D eigenvalue weighted by atomic mass is 16.2. The Morgan fingerprint density at radius 2 is 2.00 bits per heavy atom. The van der Waals surface area contributed by atoms with Gasteiger partial charge >= 0.3 is 0 Å². The average molecular weight is 183 g/mol. The molecule has 0 unspecified atom stereocenters. The molecule has 0 radical (unpaired) electrons. The first-order chi connectivity index (χ1) is 5.94. The molecule has 1 N–H and O–H groups in total. The minimum atomic E-state index is -0.251. The lowest BCUT2D eigenvalue weighted by molar-refractivity contribution is -0.128. The number of carbonyl (C=O) groups is 1. The molecule has 0 aliphatic rings. The number of carbonyl (C=O) groups excluding carboxylic acids is 1. The normalized spacial score (nSPS) is 12.8. The molecule has 0 aromatic carbocycles. The second kappa shape index (κ2) is 5.05. The van der Waals surface area contributed by atoms with Crippen LogP contribution in [0.2, 0.25) is 0 Å². The number of nitrogens with one attached hydrogen (secondary N) is 1. The predicted molar refractivity (Wildman–Crippen MR) is 56.3 cm³/mol. The van der Waals surface area contributed by atoms with Gasteiger partial charge in [0.15, 0.2) is 0 Å². The highest BCUT2D eigenvalue weighted by Gasteiger charge is 2.26. The summed E-state index contributed by atoms with van der Waals surface area (Å²) in [5, 5.41) is 2.88. The molecule has 0 aliphatic carbocycles. The van der Waals surface area contributed by atoms with Gasteiger partial charge in [0.2, 0.25) is 5.91 Å². The van der Waals surface area contributed by atoms with Gasteiger partial charge in [-0.2, -0.15) is 0 Å². The van der Waals surface area contributed by atoms with Crippen LogP contribution in [0.1, 0.15) is 47.5 Å². The summed E-state index contributed by atoms with van der Waals surface area (Å²) in [6.07, 6.45) is 3.87. The molecule has 2 nitrogen and oxygen atoms in total. The monoisotopic (exact) mass is 183 g/mol. The van der Waals surface area contributed by atoms with E-state index >= 15 is 0 Å². The summed E-state index contributed by atoms with van der Waals surface area (Å²) in [5.41, 5.74) is 0.674. The molecule has 0 saturated carbocycles. The van der Waals surface area contributed by atoms with Crippen molar-refractivity contribution in [3.63, 3.8) is 0 Å². The fourth-order valence-corrected chi connectivity index (χ4v) is 1.16. The highest BCUT2D eigenvalue weighted by molar-refractivity contribution is 5.83. The minimum Gasteiger partial charge on any atom is -0.330 e. The Labute approximate surface area is 81.4 Å². The summed E-state index contributed by atoms with van der Waals surface area (Å²) in [6, 6.07) is 0. The van der Waals surface area contributed by atoms with E-state index in [2.05, 4.69) is 12.2 Å². The van der Waals surface area contributed by atoms with E-state index in [0.717, 1.165) is 18.5 Å². The molecule has 13 heavy (non-hydrogen) atoms. The zero-order chi connectivity index (χ0) is 10.5. The van der Waals surface area contributed by atoms with Crippen LogP contribution in [0.4, 0.5) is 0 Å². The summed E-state index contributed by atoms with van der Waals surface area (Å²) < 4.78 is 0. The lowest BCUT2D eigenvalue weighted by Crippen LogP contribution is -2.35. The topological polar surface area (TPSA) is 29.1 Å². The number of amides is 1. The number of hydrogen-bond donors (Lipinski definition) is 1. The van der Waals surface area contributed by atoms with Crippen molar-refractivity contribution in [2.75, 3.05) is 0 Å². The minimum absolute atomic E-state index is 0.116. The third-order valence-electron chi connectivity index (χ3n) is 2.23. The first-order valence-corrected chi connectivity index (χ1v) is 4.88. The summed E-state index contributed by atoms with van der Waals surface area (Å²) in [6.45, 7) is 9.88. The number of hydrogen-bond acceptors (Lipinski definition) is 1. The molecule has 0 saturated heterocycles. The van der Waals surface area contributed by atoms with E-state index in [1.165, 1.54) is 0 Å². The summed E-state index contributed by atoms with van der Waals surface area (Å²) in [5.74, 6) is 0.116. The van der Waals surface area contributed by atoms with Gasteiger partial charge in [0.05, 0.1) is 0 Å². The Hall–Kier alpha value is -0.790. The van der Waals surface area contributed by atoms with Gasteiger partial charge in [-0.05, 0) is 20.3 Å². The van der Waals surface area contributed by atoms with E-state index in [0.29, 0.717) is 0 Å². The molecule has 0 fully saturated rings. The van der Waals surface area contributed by atoms with Crippen LogP contribution in [0, 0.1) is 5.41 Å². The Bertz CT molecular complexity index is 204. The van der Waals surface area contributed by atoms with Crippen LogP contribution in [0.5, 0.6) is 0 Å². The SMILES string of the molecule is CC=C(C)NC(=O)C(C)(C)CCC. The van der Waals surface area contributed by atoms with Crippen molar-refractivity contribution < 1.29 is 4.79 Å². The first-order valence-electron chi connectivity index (χ1n) is 4.88. The van der Waals surface area contributed by atoms with E-state index in [4.69, 9.17) is 0 Å². The third kappa shape index (κ3) is 4.11. The van der Waals surface area contributed by atoms with E-state index in [1.54, 1.807) is 0 Å². The maximum atomic E-state index is 11.7. The molecule has 0 bridgehead atoms. The Morgan fingerprint density at radius 3 is 2.38 bits per heavy atom. The second-order valence-electron chi connectivity index (χ2n) is 4.06. The lowest BCUT2D eigenvalue weighted by atomic mass is 9.87. The molecule has 0 rings (SSSR count). The zero-order valence-corrected chi connectivity index (χ0v) is 9.40. The smallest absolute Gasteiger partial charge is 0.229 e. The summed E-state index contributed by atoms with van der Waals surface area (Å²) >= 11 is 0. The maximum absolute atomic E-state index is 11.7. The van der Waals surface area contributed by atoms with E-state index in [-0.39, 0.29) is 11.3 Å². The predicted octanol–water partition coefficient (Wildman–Crippen LogP) is 2.85. The van der Waals surface area contributed by atoms with Crippen molar-refractivity contribution >= 4 is 5.91 Å². The van der Waals surface area contributed by atoms with E-state index in [9.17, 15) is 4.79 Å². The molecule has 2 heteroatoms. The van der Waals surface area contributed by atoms with Gasteiger partial charge in [0.1, 0.15) is 0 Å². The maximum Gasteiger partial charge on any atom is 0.229 e. The molecule has 0 atom stereocenters. The van der Waals surface area contributed by atoms with Crippen molar-refractivity contribution in [2.24, 2.45) is 5.41 Å². The quantitative estimate of drug-likeness (QED) is 0.713. The Balaban J connectivity index is 4.25. The summed E-state index contributed by atoms with van der Waals surface area (Å²) in [7, 11) is 0. The van der Waals surface area contributed by atoms with Gasteiger partial charge in [-0.15, -0.1) is 0 Å². The number of allylic oxidation sites excluding steroid dienone is 2. The highest BCUT2D eigenvalue weighted by Crippen LogP contribution is 2.22. The summed E-state index contributed by atoms with van der Waals surface area (Å²) in [4.78, 5) is 11.7. The lowest BCUT2D eigenvalue weighted by Gasteiger charge is -2.22. The fraction of sp³-hybridized carbons (Fsp3) is 0.727. The third-order valence-corrected chi connectivity index (χ3v) is 2.23. The number of rotatable bonds is 4. The molecule has 0 aromatic heterocycles. The van der Waals surface area contributed by atoms with Gasteiger partial charge in [-0.3, -0.25) is 4.79 Å². The Kier molecular flexibility index (Phi) is 4.74. The van der Waals surface area contributed by atoms with Crippen LogP contribution in [-0.2, 0) is 4.79 Å². The molecule has 1 amide bonds. The molecule has 0 spiro atoms. The van der Waals surface area contributed by atoms with Crippen LogP contribution >= 0.6 is 0 Å². The van der Waals surface area contributed by atoms with Gasteiger partial charge in [0.25, 0.3) is 0 Å². The molecule has 0 aromatic rings. The zero-order valence-electron chi connectivity index (χ0n) is 9.40. The van der Waals surface area contributed by atoms with Crippen LogP contribution in [0.3, 0.4) is 0 Å². The fourth-order valence-electron chi connectivity index (χ4n) is 1.16. The molecule has 0 heterocycles. The van der Waals surface area contributed by atoms with Crippen LogP contribution in [0.25, 0.3) is 0 Å². The van der Waals surface area contributed by atoms with Gasteiger partial charge in [-0.1, -0.05) is 33.3 Å². The molecular weight excluding hydrogens is 162 g/mol. The first kappa shape index (κ1) is 12.2. The van der Waals surface area contributed by atoms with Crippen molar-refractivity contribution in [1.82, 2.24) is 5.32 Å². The van der Waals surface area contributed by atoms with Crippen LogP contribution in [0.15, 0.2) is 11.8 Å². The molecule has 76 valence electrons. The second-order valence-corrected chi connectivity index (χ2v) is 4.06. The van der Waals surface area contributed by atoms with Gasteiger partial charge < -0.3 is 5.32 Å². The van der Waals surface area contributed by atoms with Crippen molar-refractivity contribution in [1.29, 1.82) is 0 Å². The van der Waals surface area contributed by atoms with Crippen molar-refractivity contribution in [2.45, 2.75) is 47.5 Å². The van der Waals surface area contributed by atoms with Crippen LogP contribution < -0.4 is 5.32 Å². The largest absolute Gasteiger partial charge is 0.330 e. The average Bonchev–Trinajstić information content (AvgIpc) is 2.04.